The first-order valence-electron chi connectivity index (χ1n) is 7.97. The van der Waals surface area contributed by atoms with Crippen LogP contribution in [0.25, 0.3) is 33.6 Å². The highest BCUT2D eigenvalue weighted by molar-refractivity contribution is 6.00. The minimum Gasteiger partial charge on any atom is -0.508 e. The molecule has 0 radical (unpaired) electrons. The Labute approximate surface area is 145 Å². The van der Waals surface area contributed by atoms with Gasteiger partial charge in [-0.1, -0.05) is 18.2 Å². The maximum atomic E-state index is 9.86. The lowest BCUT2D eigenvalue weighted by Crippen LogP contribution is -1.90. The van der Waals surface area contributed by atoms with Crippen molar-refractivity contribution in [3.05, 3.63) is 60.6 Å². The van der Waals surface area contributed by atoms with Gasteiger partial charge in [0.05, 0.1) is 5.39 Å². The SMILES string of the molecule is CNc1cc(C)cc(-c2c(-c3cccc(O)c3)oc3ncncc23)c1. The normalized spacial score (nSPS) is 11.0. The van der Waals surface area contributed by atoms with Gasteiger partial charge in [0.1, 0.15) is 17.8 Å². The van der Waals surface area contributed by atoms with Crippen LogP contribution in [0.3, 0.4) is 0 Å². The molecular formula is C20H17N3O2. The molecule has 0 unspecified atom stereocenters. The van der Waals surface area contributed by atoms with Gasteiger partial charge in [0.2, 0.25) is 5.71 Å². The molecule has 0 fully saturated rings. The fourth-order valence-corrected chi connectivity index (χ4v) is 3.05. The van der Waals surface area contributed by atoms with Crippen LogP contribution >= 0.6 is 0 Å². The van der Waals surface area contributed by atoms with Gasteiger partial charge in [0, 0.05) is 30.1 Å². The number of phenols is 1. The Kier molecular flexibility index (Phi) is 3.61. The fourth-order valence-electron chi connectivity index (χ4n) is 3.05. The van der Waals surface area contributed by atoms with Gasteiger partial charge < -0.3 is 14.8 Å². The summed E-state index contributed by atoms with van der Waals surface area (Å²) < 4.78 is 6.03. The van der Waals surface area contributed by atoms with Crippen molar-refractivity contribution in [2.24, 2.45) is 0 Å². The lowest BCUT2D eigenvalue weighted by atomic mass is 9.97. The van der Waals surface area contributed by atoms with E-state index in [1.54, 1.807) is 24.4 Å². The molecule has 124 valence electrons. The molecule has 25 heavy (non-hydrogen) atoms. The number of aromatic hydroxyl groups is 1. The second-order valence-corrected chi connectivity index (χ2v) is 5.94. The third-order valence-corrected chi connectivity index (χ3v) is 4.13. The monoisotopic (exact) mass is 331 g/mol. The summed E-state index contributed by atoms with van der Waals surface area (Å²) in [6.07, 6.45) is 3.23. The van der Waals surface area contributed by atoms with E-state index in [0.29, 0.717) is 11.5 Å². The Morgan fingerprint density at radius 1 is 1.08 bits per heavy atom. The van der Waals surface area contributed by atoms with Gasteiger partial charge in [0.15, 0.2) is 0 Å². The van der Waals surface area contributed by atoms with Gasteiger partial charge in [0.25, 0.3) is 0 Å². The largest absolute Gasteiger partial charge is 0.508 e. The summed E-state index contributed by atoms with van der Waals surface area (Å²) in [5, 5.41) is 13.9. The zero-order valence-corrected chi connectivity index (χ0v) is 13.9. The first-order chi connectivity index (χ1) is 12.2. The summed E-state index contributed by atoms with van der Waals surface area (Å²) in [4.78, 5) is 8.40. The Morgan fingerprint density at radius 3 is 2.76 bits per heavy atom. The van der Waals surface area contributed by atoms with E-state index < -0.39 is 0 Å². The lowest BCUT2D eigenvalue weighted by Gasteiger charge is -2.09. The topological polar surface area (TPSA) is 71.2 Å². The zero-order valence-electron chi connectivity index (χ0n) is 13.9. The summed E-state index contributed by atoms with van der Waals surface area (Å²) in [6.45, 7) is 2.05. The maximum absolute atomic E-state index is 9.86. The van der Waals surface area contributed by atoms with Crippen LogP contribution in [0.4, 0.5) is 5.69 Å². The van der Waals surface area contributed by atoms with E-state index in [1.165, 1.54) is 6.33 Å². The number of anilines is 1. The molecule has 2 aromatic heterocycles. The number of rotatable bonds is 3. The molecule has 0 aliphatic carbocycles. The Morgan fingerprint density at radius 2 is 1.96 bits per heavy atom. The predicted molar refractivity (Wildman–Crippen MR) is 98.6 cm³/mol. The molecule has 2 aromatic carbocycles. The van der Waals surface area contributed by atoms with Crippen LogP contribution in [-0.2, 0) is 0 Å². The number of furan rings is 1. The van der Waals surface area contributed by atoms with Crippen LogP contribution in [-0.4, -0.2) is 22.1 Å². The van der Waals surface area contributed by atoms with Crippen molar-refractivity contribution >= 4 is 16.8 Å². The fraction of sp³-hybridized carbons (Fsp3) is 0.100. The van der Waals surface area contributed by atoms with E-state index in [-0.39, 0.29) is 5.75 Å². The summed E-state index contributed by atoms with van der Waals surface area (Å²) in [5.74, 6) is 0.856. The minimum absolute atomic E-state index is 0.190. The average Bonchev–Trinajstić information content (AvgIpc) is 3.00. The van der Waals surface area contributed by atoms with Crippen LogP contribution in [0.2, 0.25) is 0 Å². The van der Waals surface area contributed by atoms with Crippen LogP contribution in [0.5, 0.6) is 5.75 Å². The predicted octanol–water partition coefficient (Wildman–Crippen LogP) is 4.61. The van der Waals surface area contributed by atoms with E-state index in [4.69, 9.17) is 4.42 Å². The van der Waals surface area contributed by atoms with Gasteiger partial charge in [-0.05, 0) is 42.3 Å². The molecule has 4 rings (SSSR count). The van der Waals surface area contributed by atoms with Gasteiger partial charge in [-0.3, -0.25) is 0 Å². The molecule has 0 atom stereocenters. The van der Waals surface area contributed by atoms with E-state index in [0.717, 1.165) is 33.3 Å². The van der Waals surface area contributed by atoms with Gasteiger partial charge in [-0.2, -0.15) is 0 Å². The smallest absolute Gasteiger partial charge is 0.230 e. The van der Waals surface area contributed by atoms with Crippen molar-refractivity contribution < 1.29 is 9.52 Å². The van der Waals surface area contributed by atoms with Crippen molar-refractivity contribution in [1.29, 1.82) is 0 Å². The number of nitrogens with one attached hydrogen (secondary N) is 1. The van der Waals surface area contributed by atoms with Crippen molar-refractivity contribution in [2.45, 2.75) is 6.92 Å². The maximum Gasteiger partial charge on any atom is 0.230 e. The molecule has 0 saturated carbocycles. The van der Waals surface area contributed by atoms with E-state index >= 15 is 0 Å². The van der Waals surface area contributed by atoms with Crippen LogP contribution in [0.15, 0.2) is 59.4 Å². The van der Waals surface area contributed by atoms with Crippen LogP contribution in [0.1, 0.15) is 5.56 Å². The van der Waals surface area contributed by atoms with Crippen molar-refractivity contribution in [3.63, 3.8) is 0 Å². The number of benzene rings is 2. The Balaban J connectivity index is 2.05. The van der Waals surface area contributed by atoms with E-state index in [9.17, 15) is 5.11 Å². The molecule has 0 saturated heterocycles. The highest BCUT2D eigenvalue weighted by Crippen LogP contribution is 2.41. The molecule has 0 amide bonds. The standard InChI is InChI=1S/C20H17N3O2/c1-12-6-14(8-15(7-12)21-2)18-17-10-22-11-23-20(17)25-19(18)13-4-3-5-16(24)9-13/h3-11,21,24H,1-2H3. The van der Waals surface area contributed by atoms with Crippen LogP contribution < -0.4 is 5.32 Å². The highest BCUT2D eigenvalue weighted by Gasteiger charge is 2.19. The number of phenolic OH excluding ortho intramolecular Hbond substituents is 1. The second-order valence-electron chi connectivity index (χ2n) is 5.94. The Hall–Kier alpha value is -3.34. The molecule has 2 N–H and O–H groups in total. The number of aryl methyl sites for hydroxylation is 1. The molecule has 0 aliphatic rings. The first kappa shape index (κ1) is 15.2. The molecule has 2 heterocycles. The summed E-state index contributed by atoms with van der Waals surface area (Å²) >= 11 is 0. The average molecular weight is 331 g/mol. The number of fused-ring (bicyclic) bond motifs is 1. The molecule has 0 spiro atoms. The van der Waals surface area contributed by atoms with Gasteiger partial charge in [-0.15, -0.1) is 0 Å². The molecule has 5 heteroatoms. The summed E-state index contributed by atoms with van der Waals surface area (Å²) in [6, 6.07) is 13.3. The van der Waals surface area contributed by atoms with E-state index in [2.05, 4.69) is 40.4 Å². The number of hydrogen-bond donors (Lipinski definition) is 2. The molecule has 0 bridgehead atoms. The summed E-state index contributed by atoms with van der Waals surface area (Å²) in [5.41, 5.74) is 5.40. The Bertz CT molecular complexity index is 1070. The zero-order chi connectivity index (χ0) is 17.4. The quantitative estimate of drug-likeness (QED) is 0.573. The number of aromatic nitrogens is 2. The third-order valence-electron chi connectivity index (χ3n) is 4.13. The summed E-state index contributed by atoms with van der Waals surface area (Å²) in [7, 11) is 1.89. The molecule has 4 aromatic rings. The second kappa shape index (κ2) is 5.94. The van der Waals surface area contributed by atoms with E-state index in [1.807, 2.05) is 13.1 Å². The third kappa shape index (κ3) is 2.70. The van der Waals surface area contributed by atoms with Gasteiger partial charge >= 0.3 is 0 Å². The lowest BCUT2D eigenvalue weighted by molar-refractivity contribution is 0.475. The molecule has 0 aliphatic heterocycles. The molecular weight excluding hydrogens is 314 g/mol. The van der Waals surface area contributed by atoms with Crippen molar-refractivity contribution in [3.8, 4) is 28.2 Å². The number of hydrogen-bond acceptors (Lipinski definition) is 5. The van der Waals surface area contributed by atoms with Crippen LogP contribution in [0, 0.1) is 6.92 Å². The first-order valence-corrected chi connectivity index (χ1v) is 7.97. The molecule has 5 nitrogen and oxygen atoms in total. The highest BCUT2D eigenvalue weighted by atomic mass is 16.3. The number of nitrogens with zero attached hydrogens (tertiary/aromatic N) is 2. The van der Waals surface area contributed by atoms with Crippen molar-refractivity contribution in [1.82, 2.24) is 9.97 Å². The van der Waals surface area contributed by atoms with Crippen molar-refractivity contribution in [2.75, 3.05) is 12.4 Å². The van der Waals surface area contributed by atoms with Gasteiger partial charge in [-0.25, -0.2) is 9.97 Å². The minimum atomic E-state index is 0.190.